The van der Waals surface area contributed by atoms with Gasteiger partial charge in [0.2, 0.25) is 0 Å². The van der Waals surface area contributed by atoms with E-state index in [1.165, 1.54) is 0 Å². The molecule has 0 bridgehead atoms. The minimum Gasteiger partial charge on any atom is -0.351 e. The molecule has 32 heavy (non-hydrogen) atoms. The molecule has 2 aliphatic heterocycles. The van der Waals surface area contributed by atoms with Crippen LogP contribution in [0, 0.1) is 0 Å². The van der Waals surface area contributed by atoms with E-state index in [0.717, 1.165) is 59.7 Å². The molecule has 2 saturated heterocycles. The maximum absolute atomic E-state index is 13.7. The molecule has 1 N–H and O–H groups in total. The molecule has 160 valence electrons. The number of carbonyl (C=O) groups excluding carboxylic acids is 2. The normalized spacial score (nSPS) is 20.6. The first-order chi connectivity index (χ1) is 15.8. The molecule has 4 aromatic rings. The van der Waals surface area contributed by atoms with Gasteiger partial charge in [0.25, 0.3) is 5.91 Å². The second-order valence-corrected chi connectivity index (χ2v) is 8.56. The first-order valence-corrected chi connectivity index (χ1v) is 11.1. The predicted octanol–water partition coefficient (Wildman–Crippen LogP) is 3.81. The van der Waals surface area contributed by atoms with Gasteiger partial charge < -0.3 is 14.8 Å². The number of rotatable bonds is 3. The number of nitrogens with one attached hydrogen (secondary N) is 1. The molecule has 2 aromatic heterocycles. The molecule has 0 unspecified atom stereocenters. The summed E-state index contributed by atoms with van der Waals surface area (Å²) in [6, 6.07) is 13.8. The summed E-state index contributed by atoms with van der Waals surface area (Å²) in [6.45, 7) is 1.55. The van der Waals surface area contributed by atoms with Gasteiger partial charge in [0, 0.05) is 24.8 Å². The number of hydrogen-bond donors (Lipinski definition) is 1. The number of benzene rings is 2. The lowest BCUT2D eigenvalue weighted by atomic mass is 9.93. The summed E-state index contributed by atoms with van der Waals surface area (Å²) in [5.74, 6) is 0.876. The molecule has 0 aliphatic carbocycles. The van der Waals surface area contributed by atoms with E-state index >= 15 is 0 Å². The van der Waals surface area contributed by atoms with Crippen LogP contribution in [0.4, 0.5) is 5.82 Å². The van der Waals surface area contributed by atoms with Crippen molar-refractivity contribution in [1.82, 2.24) is 19.9 Å². The average molecular weight is 425 g/mol. The standard InChI is InChI=1S/C25H23N5O2/c31-14-20-17-5-2-1-4-16(17)7-8-18(20)25(32)30-12-3-6-21-22(30)10-13-29(21)24-19-9-11-26-23(19)27-15-28-24/h1-2,4-5,7-9,11,14-15,21-22H,3,6,10,12-13H2,(H,26,27,28)/t21-,22-/m1/s1. The Morgan fingerprint density at radius 2 is 1.91 bits per heavy atom. The Bertz CT molecular complexity index is 1350. The zero-order valence-corrected chi connectivity index (χ0v) is 17.6. The van der Waals surface area contributed by atoms with Crippen molar-refractivity contribution in [2.24, 2.45) is 0 Å². The Labute approximate surface area is 185 Å². The third-order valence-corrected chi connectivity index (χ3v) is 6.99. The maximum atomic E-state index is 13.7. The number of nitrogens with zero attached hydrogens (tertiary/aromatic N) is 4. The third-order valence-electron chi connectivity index (χ3n) is 6.99. The van der Waals surface area contributed by atoms with Gasteiger partial charge in [0.15, 0.2) is 6.29 Å². The molecule has 1 amide bonds. The molecule has 2 atom stereocenters. The number of aldehydes is 1. The van der Waals surface area contributed by atoms with Crippen molar-refractivity contribution in [2.45, 2.75) is 31.3 Å². The molecule has 2 aliphatic rings. The van der Waals surface area contributed by atoms with Gasteiger partial charge in [-0.3, -0.25) is 9.59 Å². The van der Waals surface area contributed by atoms with Crippen LogP contribution in [-0.2, 0) is 0 Å². The highest BCUT2D eigenvalue weighted by Crippen LogP contribution is 2.37. The molecule has 4 heterocycles. The van der Waals surface area contributed by atoms with Crippen LogP contribution in [-0.4, -0.2) is 57.2 Å². The summed E-state index contributed by atoms with van der Waals surface area (Å²) < 4.78 is 0. The Kier molecular flexibility index (Phi) is 4.41. The van der Waals surface area contributed by atoms with Gasteiger partial charge in [-0.05, 0) is 42.2 Å². The highest BCUT2D eigenvalue weighted by atomic mass is 16.2. The summed E-state index contributed by atoms with van der Waals surface area (Å²) in [7, 11) is 0. The van der Waals surface area contributed by atoms with Crippen LogP contribution in [0.3, 0.4) is 0 Å². The summed E-state index contributed by atoms with van der Waals surface area (Å²) in [5.41, 5.74) is 1.80. The molecule has 0 spiro atoms. The molecular weight excluding hydrogens is 402 g/mol. The van der Waals surface area contributed by atoms with Crippen molar-refractivity contribution in [3.05, 3.63) is 66.1 Å². The number of carbonyl (C=O) groups is 2. The molecule has 0 saturated carbocycles. The van der Waals surface area contributed by atoms with Crippen molar-refractivity contribution < 1.29 is 9.59 Å². The van der Waals surface area contributed by atoms with E-state index in [0.29, 0.717) is 17.7 Å². The minimum absolute atomic E-state index is 0.0520. The Morgan fingerprint density at radius 1 is 1.00 bits per heavy atom. The van der Waals surface area contributed by atoms with Crippen LogP contribution in [0.2, 0.25) is 0 Å². The lowest BCUT2D eigenvalue weighted by Crippen LogP contribution is -2.52. The highest BCUT2D eigenvalue weighted by Gasteiger charge is 2.43. The van der Waals surface area contributed by atoms with Crippen LogP contribution in [0.5, 0.6) is 0 Å². The van der Waals surface area contributed by atoms with E-state index in [9.17, 15) is 9.59 Å². The fourth-order valence-corrected chi connectivity index (χ4v) is 5.55. The maximum Gasteiger partial charge on any atom is 0.254 e. The van der Waals surface area contributed by atoms with E-state index in [-0.39, 0.29) is 18.0 Å². The van der Waals surface area contributed by atoms with E-state index in [1.54, 1.807) is 12.4 Å². The van der Waals surface area contributed by atoms with Crippen molar-refractivity contribution >= 4 is 39.8 Å². The molecule has 2 aromatic carbocycles. The van der Waals surface area contributed by atoms with Crippen LogP contribution >= 0.6 is 0 Å². The number of anilines is 1. The smallest absolute Gasteiger partial charge is 0.254 e. The molecule has 6 rings (SSSR count). The summed E-state index contributed by atoms with van der Waals surface area (Å²) in [4.78, 5) is 42.1. The van der Waals surface area contributed by atoms with Crippen molar-refractivity contribution in [2.75, 3.05) is 18.0 Å². The largest absolute Gasteiger partial charge is 0.351 e. The van der Waals surface area contributed by atoms with E-state index in [2.05, 4.69) is 19.9 Å². The summed E-state index contributed by atoms with van der Waals surface area (Å²) in [5, 5.41) is 2.80. The number of aromatic amines is 1. The van der Waals surface area contributed by atoms with E-state index in [1.807, 2.05) is 47.5 Å². The fourth-order valence-electron chi connectivity index (χ4n) is 5.55. The monoisotopic (exact) mass is 425 g/mol. The van der Waals surface area contributed by atoms with Crippen LogP contribution in [0.15, 0.2) is 55.0 Å². The fraction of sp³-hybridized carbons (Fsp3) is 0.280. The summed E-state index contributed by atoms with van der Waals surface area (Å²) >= 11 is 0. The zero-order chi connectivity index (χ0) is 21.7. The van der Waals surface area contributed by atoms with Crippen LogP contribution in [0.25, 0.3) is 21.8 Å². The molecular formula is C25H23N5O2. The summed E-state index contributed by atoms with van der Waals surface area (Å²) in [6.07, 6.45) is 7.13. The van der Waals surface area contributed by atoms with E-state index < -0.39 is 0 Å². The Morgan fingerprint density at radius 3 is 2.81 bits per heavy atom. The SMILES string of the molecule is O=Cc1c(C(=O)N2CCC[C@@H]3[C@H]2CCN3c2ncnc3[nH]ccc23)ccc2ccccc12. The molecule has 2 fully saturated rings. The number of piperidine rings is 1. The quantitative estimate of drug-likeness (QED) is 0.505. The lowest BCUT2D eigenvalue weighted by molar-refractivity contribution is 0.0606. The van der Waals surface area contributed by atoms with Crippen molar-refractivity contribution in [3.63, 3.8) is 0 Å². The Balaban J connectivity index is 1.35. The zero-order valence-electron chi connectivity index (χ0n) is 17.6. The van der Waals surface area contributed by atoms with Gasteiger partial charge in [-0.15, -0.1) is 0 Å². The number of fused-ring (bicyclic) bond motifs is 3. The minimum atomic E-state index is -0.0520. The number of likely N-dealkylation sites (tertiary alicyclic amines) is 1. The molecule has 7 nitrogen and oxygen atoms in total. The number of aromatic nitrogens is 3. The number of hydrogen-bond acceptors (Lipinski definition) is 5. The van der Waals surface area contributed by atoms with Crippen molar-refractivity contribution in [3.8, 4) is 0 Å². The van der Waals surface area contributed by atoms with Gasteiger partial charge in [-0.25, -0.2) is 9.97 Å². The van der Waals surface area contributed by atoms with Gasteiger partial charge in [0.05, 0.1) is 23.0 Å². The van der Waals surface area contributed by atoms with Gasteiger partial charge in [-0.1, -0.05) is 30.3 Å². The molecule has 7 heteroatoms. The first kappa shape index (κ1) is 19.0. The van der Waals surface area contributed by atoms with Crippen molar-refractivity contribution in [1.29, 1.82) is 0 Å². The topological polar surface area (TPSA) is 82.2 Å². The van der Waals surface area contributed by atoms with E-state index in [4.69, 9.17) is 0 Å². The second-order valence-electron chi connectivity index (χ2n) is 8.56. The van der Waals surface area contributed by atoms with Gasteiger partial charge in [-0.2, -0.15) is 0 Å². The van der Waals surface area contributed by atoms with Gasteiger partial charge >= 0.3 is 0 Å². The van der Waals surface area contributed by atoms with Gasteiger partial charge in [0.1, 0.15) is 17.8 Å². The lowest BCUT2D eigenvalue weighted by Gasteiger charge is -2.40. The third kappa shape index (κ3) is 2.81. The average Bonchev–Trinajstić information content (AvgIpc) is 3.49. The predicted molar refractivity (Wildman–Crippen MR) is 123 cm³/mol. The number of amides is 1. The van der Waals surface area contributed by atoms with Crippen LogP contribution < -0.4 is 4.90 Å². The Hall–Kier alpha value is -3.74. The highest BCUT2D eigenvalue weighted by molar-refractivity contribution is 6.10. The first-order valence-electron chi connectivity index (χ1n) is 11.1. The van der Waals surface area contributed by atoms with Crippen LogP contribution in [0.1, 0.15) is 40.0 Å². The second kappa shape index (κ2) is 7.44. The molecule has 0 radical (unpaired) electrons. The number of H-pyrrole nitrogens is 1.